The van der Waals surface area contributed by atoms with Crippen molar-refractivity contribution >= 4 is 5.91 Å². The van der Waals surface area contributed by atoms with Gasteiger partial charge in [0, 0.05) is 18.2 Å². The SMILES string of the molecule is CC(CC(O)c1ccccc1)NC(=O)c1c(F)cc(F)cc1F. The van der Waals surface area contributed by atoms with Crippen LogP contribution in [-0.4, -0.2) is 17.1 Å². The van der Waals surface area contributed by atoms with Crippen LogP contribution in [-0.2, 0) is 0 Å². The van der Waals surface area contributed by atoms with Gasteiger partial charge in [0.25, 0.3) is 5.91 Å². The van der Waals surface area contributed by atoms with Crippen molar-refractivity contribution in [2.45, 2.75) is 25.5 Å². The highest BCUT2D eigenvalue weighted by molar-refractivity contribution is 5.94. The molecule has 2 aromatic carbocycles. The standard InChI is InChI=1S/C17H16F3NO2/c1-10(7-15(22)11-5-3-2-4-6-11)21-17(23)16-13(19)8-12(18)9-14(16)20/h2-6,8-10,15,22H,7H2,1H3,(H,21,23). The molecule has 0 saturated carbocycles. The molecule has 0 bridgehead atoms. The number of carbonyl (C=O) groups is 1. The third-order valence-corrected chi connectivity index (χ3v) is 3.37. The Morgan fingerprint density at radius 2 is 1.70 bits per heavy atom. The van der Waals surface area contributed by atoms with E-state index in [2.05, 4.69) is 5.32 Å². The van der Waals surface area contributed by atoms with Crippen LogP contribution in [0.1, 0.15) is 35.4 Å². The van der Waals surface area contributed by atoms with Crippen molar-refractivity contribution in [2.24, 2.45) is 0 Å². The molecule has 3 nitrogen and oxygen atoms in total. The lowest BCUT2D eigenvalue weighted by molar-refractivity contribution is 0.0908. The minimum Gasteiger partial charge on any atom is -0.388 e. The van der Waals surface area contributed by atoms with Gasteiger partial charge in [-0.1, -0.05) is 30.3 Å². The molecule has 2 unspecified atom stereocenters. The van der Waals surface area contributed by atoms with Crippen LogP contribution in [0.25, 0.3) is 0 Å². The lowest BCUT2D eigenvalue weighted by Gasteiger charge is -2.18. The number of aliphatic hydroxyl groups is 1. The monoisotopic (exact) mass is 323 g/mol. The first kappa shape index (κ1) is 17.0. The van der Waals surface area contributed by atoms with Crippen LogP contribution in [0.2, 0.25) is 0 Å². The summed E-state index contributed by atoms with van der Waals surface area (Å²) in [6.07, 6.45) is -0.658. The first-order chi connectivity index (χ1) is 10.9. The van der Waals surface area contributed by atoms with Crippen molar-refractivity contribution < 1.29 is 23.1 Å². The molecule has 0 fully saturated rings. The van der Waals surface area contributed by atoms with Gasteiger partial charge in [-0.3, -0.25) is 4.79 Å². The summed E-state index contributed by atoms with van der Waals surface area (Å²) in [7, 11) is 0. The molecular formula is C17H16F3NO2. The van der Waals surface area contributed by atoms with Gasteiger partial charge in [-0.15, -0.1) is 0 Å². The lowest BCUT2D eigenvalue weighted by atomic mass is 10.0. The van der Waals surface area contributed by atoms with Crippen molar-refractivity contribution in [3.63, 3.8) is 0 Å². The molecule has 2 N–H and O–H groups in total. The van der Waals surface area contributed by atoms with E-state index in [0.717, 1.165) is 0 Å². The number of rotatable bonds is 5. The van der Waals surface area contributed by atoms with Crippen molar-refractivity contribution in [1.29, 1.82) is 0 Å². The molecular weight excluding hydrogens is 307 g/mol. The fourth-order valence-corrected chi connectivity index (χ4v) is 2.26. The summed E-state index contributed by atoms with van der Waals surface area (Å²) in [5.41, 5.74) is -0.166. The summed E-state index contributed by atoms with van der Waals surface area (Å²) < 4.78 is 39.9. The molecule has 0 radical (unpaired) electrons. The number of hydrogen-bond donors (Lipinski definition) is 2. The maximum Gasteiger partial charge on any atom is 0.257 e. The second-order valence-electron chi connectivity index (χ2n) is 5.28. The van der Waals surface area contributed by atoms with Gasteiger partial charge >= 0.3 is 0 Å². The summed E-state index contributed by atoms with van der Waals surface area (Å²) >= 11 is 0. The molecule has 0 saturated heterocycles. The molecule has 0 aromatic heterocycles. The third-order valence-electron chi connectivity index (χ3n) is 3.37. The van der Waals surface area contributed by atoms with E-state index >= 15 is 0 Å². The minimum atomic E-state index is -1.27. The molecule has 122 valence electrons. The molecule has 0 aliphatic heterocycles. The van der Waals surface area contributed by atoms with E-state index in [1.807, 2.05) is 6.07 Å². The van der Waals surface area contributed by atoms with Gasteiger partial charge in [-0.25, -0.2) is 13.2 Å². The Hall–Kier alpha value is -2.34. The number of nitrogens with one attached hydrogen (secondary N) is 1. The molecule has 0 aliphatic carbocycles. The molecule has 2 atom stereocenters. The third kappa shape index (κ3) is 4.32. The Labute approximate surface area is 131 Å². The molecule has 6 heteroatoms. The number of carbonyl (C=O) groups excluding carboxylic acids is 1. The normalized spacial score (nSPS) is 13.4. The smallest absolute Gasteiger partial charge is 0.257 e. The van der Waals surface area contributed by atoms with E-state index in [9.17, 15) is 23.1 Å². The average molecular weight is 323 g/mol. The maximum atomic E-state index is 13.5. The van der Waals surface area contributed by atoms with Gasteiger partial charge in [0.15, 0.2) is 0 Å². The summed E-state index contributed by atoms with van der Waals surface area (Å²) in [6, 6.07) is 9.17. The second-order valence-corrected chi connectivity index (χ2v) is 5.28. The quantitative estimate of drug-likeness (QED) is 0.886. The van der Waals surface area contributed by atoms with E-state index in [0.29, 0.717) is 17.7 Å². The van der Waals surface area contributed by atoms with Crippen LogP contribution in [0.4, 0.5) is 13.2 Å². The molecule has 0 aliphatic rings. The molecule has 1 amide bonds. The summed E-state index contributed by atoms with van der Waals surface area (Å²) in [4.78, 5) is 11.9. The summed E-state index contributed by atoms with van der Waals surface area (Å²) in [5, 5.41) is 12.5. The first-order valence-electron chi connectivity index (χ1n) is 7.07. The van der Waals surface area contributed by atoms with E-state index in [1.54, 1.807) is 31.2 Å². The van der Waals surface area contributed by atoms with Crippen molar-refractivity contribution in [3.8, 4) is 0 Å². The Morgan fingerprint density at radius 3 is 2.26 bits per heavy atom. The van der Waals surface area contributed by atoms with Gasteiger partial charge in [-0.2, -0.15) is 0 Å². The second kappa shape index (κ2) is 7.28. The first-order valence-corrected chi connectivity index (χ1v) is 7.07. The number of aliphatic hydroxyl groups excluding tert-OH is 1. The molecule has 0 spiro atoms. The van der Waals surface area contributed by atoms with Gasteiger partial charge in [0.05, 0.1) is 6.10 Å². The molecule has 0 heterocycles. The van der Waals surface area contributed by atoms with E-state index in [1.165, 1.54) is 0 Å². The molecule has 2 rings (SSSR count). The Bertz CT molecular complexity index is 668. The zero-order valence-corrected chi connectivity index (χ0v) is 12.4. The van der Waals surface area contributed by atoms with E-state index in [-0.39, 0.29) is 6.42 Å². The van der Waals surface area contributed by atoms with Crippen LogP contribution in [0.5, 0.6) is 0 Å². The largest absolute Gasteiger partial charge is 0.388 e. The summed E-state index contributed by atoms with van der Waals surface area (Å²) in [5.74, 6) is -4.62. The van der Waals surface area contributed by atoms with Gasteiger partial charge in [0.2, 0.25) is 0 Å². The summed E-state index contributed by atoms with van der Waals surface area (Å²) in [6.45, 7) is 1.60. The van der Waals surface area contributed by atoms with Gasteiger partial charge in [-0.05, 0) is 18.9 Å². The fraction of sp³-hybridized carbons (Fsp3) is 0.235. The van der Waals surface area contributed by atoms with Gasteiger partial charge in [0.1, 0.15) is 23.0 Å². The van der Waals surface area contributed by atoms with Crippen molar-refractivity contribution in [3.05, 3.63) is 71.0 Å². The molecule has 23 heavy (non-hydrogen) atoms. The van der Waals surface area contributed by atoms with Crippen LogP contribution in [0.3, 0.4) is 0 Å². The van der Waals surface area contributed by atoms with Crippen molar-refractivity contribution in [1.82, 2.24) is 5.32 Å². The van der Waals surface area contributed by atoms with Crippen LogP contribution in [0, 0.1) is 17.5 Å². The maximum absolute atomic E-state index is 13.5. The minimum absolute atomic E-state index is 0.167. The van der Waals surface area contributed by atoms with Crippen LogP contribution >= 0.6 is 0 Å². The predicted octanol–water partition coefficient (Wildman–Crippen LogP) is 3.35. The zero-order chi connectivity index (χ0) is 17.0. The Balaban J connectivity index is 2.03. The number of halogens is 3. The van der Waals surface area contributed by atoms with Crippen LogP contribution in [0.15, 0.2) is 42.5 Å². The van der Waals surface area contributed by atoms with Crippen LogP contribution < -0.4 is 5.32 Å². The number of hydrogen-bond acceptors (Lipinski definition) is 2. The topological polar surface area (TPSA) is 49.3 Å². The zero-order valence-electron chi connectivity index (χ0n) is 12.4. The number of benzene rings is 2. The fourth-order valence-electron chi connectivity index (χ4n) is 2.26. The average Bonchev–Trinajstić information content (AvgIpc) is 2.46. The van der Waals surface area contributed by atoms with Gasteiger partial charge < -0.3 is 10.4 Å². The highest BCUT2D eigenvalue weighted by Gasteiger charge is 2.21. The van der Waals surface area contributed by atoms with Crippen molar-refractivity contribution in [2.75, 3.05) is 0 Å². The van der Waals surface area contributed by atoms with E-state index in [4.69, 9.17) is 0 Å². The lowest BCUT2D eigenvalue weighted by Crippen LogP contribution is -2.35. The number of amides is 1. The van der Waals surface area contributed by atoms with E-state index < -0.39 is 41.1 Å². The molecule has 2 aromatic rings. The predicted molar refractivity (Wildman–Crippen MR) is 79.3 cm³/mol. The Kier molecular flexibility index (Phi) is 5.39. The highest BCUT2D eigenvalue weighted by atomic mass is 19.1. The highest BCUT2D eigenvalue weighted by Crippen LogP contribution is 2.19. The Morgan fingerprint density at radius 1 is 1.13 bits per heavy atom.